The van der Waals surface area contributed by atoms with Gasteiger partial charge < -0.3 is 9.67 Å². The fourth-order valence-corrected chi connectivity index (χ4v) is 2.55. The second kappa shape index (κ2) is 3.65. The van der Waals surface area contributed by atoms with Crippen LogP contribution in [0.3, 0.4) is 0 Å². The summed E-state index contributed by atoms with van der Waals surface area (Å²) in [6.45, 7) is 6.08. The molecule has 1 aromatic rings. The number of hydrogen-bond acceptors (Lipinski definition) is 2. The molecular weight excluding hydrogens is 202 g/mol. The van der Waals surface area contributed by atoms with E-state index in [1.165, 1.54) is 6.07 Å². The van der Waals surface area contributed by atoms with Crippen molar-refractivity contribution in [1.29, 1.82) is 0 Å². The highest BCUT2D eigenvalue weighted by Gasteiger charge is 2.24. The van der Waals surface area contributed by atoms with Gasteiger partial charge >= 0.3 is 0 Å². The summed E-state index contributed by atoms with van der Waals surface area (Å²) in [5, 5.41) is 9.81. The van der Waals surface area contributed by atoms with Gasteiger partial charge in [-0.2, -0.15) is 0 Å². The van der Waals surface area contributed by atoms with Gasteiger partial charge in [0.15, 0.2) is 0 Å². The van der Waals surface area contributed by atoms with Gasteiger partial charge in [-0.3, -0.25) is 4.79 Å². The lowest BCUT2D eigenvalue weighted by atomic mass is 9.93. The highest BCUT2D eigenvalue weighted by molar-refractivity contribution is 5.37. The quantitative estimate of drug-likeness (QED) is 0.729. The van der Waals surface area contributed by atoms with Crippen LogP contribution in [-0.2, 0) is 18.4 Å². The molecule has 88 valence electrons. The standard InChI is InChI=1S/C13H19NO2/c1-13(2,3)14-10-7-5-4-6-9(10)11(15)8-12(14)16/h8,15H,4-7H2,1-3H3. The van der Waals surface area contributed by atoms with Crippen molar-refractivity contribution in [2.75, 3.05) is 0 Å². The molecule has 3 nitrogen and oxygen atoms in total. The van der Waals surface area contributed by atoms with Gasteiger partial charge in [0.25, 0.3) is 5.56 Å². The van der Waals surface area contributed by atoms with Crippen molar-refractivity contribution >= 4 is 0 Å². The molecule has 0 amide bonds. The van der Waals surface area contributed by atoms with Crippen molar-refractivity contribution in [3.8, 4) is 5.75 Å². The predicted octanol–water partition coefficient (Wildman–Crippen LogP) is 2.19. The molecule has 0 spiro atoms. The summed E-state index contributed by atoms with van der Waals surface area (Å²) in [7, 11) is 0. The zero-order valence-corrected chi connectivity index (χ0v) is 10.2. The van der Waals surface area contributed by atoms with Crippen LogP contribution in [0.2, 0.25) is 0 Å². The molecule has 0 saturated heterocycles. The highest BCUT2D eigenvalue weighted by Crippen LogP contribution is 2.29. The smallest absolute Gasteiger partial charge is 0.254 e. The summed E-state index contributed by atoms with van der Waals surface area (Å²) in [6, 6.07) is 1.36. The van der Waals surface area contributed by atoms with Crippen LogP contribution in [0.5, 0.6) is 5.75 Å². The Morgan fingerprint density at radius 1 is 1.25 bits per heavy atom. The maximum absolute atomic E-state index is 12.0. The van der Waals surface area contributed by atoms with E-state index in [1.807, 2.05) is 25.3 Å². The number of aromatic hydroxyl groups is 1. The third kappa shape index (κ3) is 1.75. The van der Waals surface area contributed by atoms with Crippen molar-refractivity contribution < 1.29 is 5.11 Å². The van der Waals surface area contributed by atoms with Crippen LogP contribution in [0.15, 0.2) is 10.9 Å². The Bertz CT molecular complexity index is 466. The summed E-state index contributed by atoms with van der Waals surface area (Å²) < 4.78 is 1.83. The number of rotatable bonds is 0. The lowest BCUT2D eigenvalue weighted by Gasteiger charge is -2.30. The van der Waals surface area contributed by atoms with E-state index < -0.39 is 0 Å². The molecule has 0 saturated carbocycles. The van der Waals surface area contributed by atoms with Crippen LogP contribution in [0, 0.1) is 0 Å². The number of pyridine rings is 1. The predicted molar refractivity (Wildman–Crippen MR) is 64.0 cm³/mol. The summed E-state index contributed by atoms with van der Waals surface area (Å²) in [6.07, 6.45) is 3.99. The fraction of sp³-hybridized carbons (Fsp3) is 0.615. The minimum Gasteiger partial charge on any atom is -0.507 e. The Kier molecular flexibility index (Phi) is 2.56. The topological polar surface area (TPSA) is 42.2 Å². The van der Waals surface area contributed by atoms with Crippen LogP contribution < -0.4 is 5.56 Å². The maximum atomic E-state index is 12.0. The molecule has 3 heteroatoms. The fourth-order valence-electron chi connectivity index (χ4n) is 2.55. The molecule has 0 fully saturated rings. The van der Waals surface area contributed by atoms with Gasteiger partial charge in [-0.15, -0.1) is 0 Å². The molecule has 2 rings (SSSR count). The third-order valence-corrected chi connectivity index (χ3v) is 3.17. The van der Waals surface area contributed by atoms with Crippen molar-refractivity contribution in [3.05, 3.63) is 27.7 Å². The van der Waals surface area contributed by atoms with Crippen LogP contribution in [0.25, 0.3) is 0 Å². The molecule has 16 heavy (non-hydrogen) atoms. The van der Waals surface area contributed by atoms with Crippen molar-refractivity contribution in [1.82, 2.24) is 4.57 Å². The first-order valence-corrected chi connectivity index (χ1v) is 5.88. The monoisotopic (exact) mass is 221 g/mol. The van der Waals surface area contributed by atoms with E-state index in [1.54, 1.807) is 0 Å². The lowest BCUT2D eigenvalue weighted by molar-refractivity contribution is 0.355. The largest absolute Gasteiger partial charge is 0.507 e. The first-order chi connectivity index (χ1) is 7.41. The SMILES string of the molecule is CC(C)(C)n1c2c(c(O)cc1=O)CCCC2. The van der Waals surface area contributed by atoms with Gasteiger partial charge in [-0.05, 0) is 46.5 Å². The van der Waals surface area contributed by atoms with E-state index in [9.17, 15) is 9.90 Å². The summed E-state index contributed by atoms with van der Waals surface area (Å²) in [4.78, 5) is 12.0. The van der Waals surface area contributed by atoms with Gasteiger partial charge in [0.1, 0.15) is 5.75 Å². The minimum atomic E-state index is -0.216. The average molecular weight is 221 g/mol. The summed E-state index contributed by atoms with van der Waals surface area (Å²) in [5.74, 6) is 0.181. The van der Waals surface area contributed by atoms with Crippen molar-refractivity contribution in [2.45, 2.75) is 52.0 Å². The molecule has 1 heterocycles. The molecule has 1 aliphatic rings. The molecule has 0 aromatic carbocycles. The minimum absolute atomic E-state index is 0.0920. The number of aromatic nitrogens is 1. The Hall–Kier alpha value is -1.25. The van der Waals surface area contributed by atoms with Gasteiger partial charge in [0.05, 0.1) is 0 Å². The van der Waals surface area contributed by atoms with E-state index in [0.717, 1.165) is 36.9 Å². The molecule has 0 atom stereocenters. The molecule has 1 N–H and O–H groups in total. The van der Waals surface area contributed by atoms with Gasteiger partial charge in [-0.25, -0.2) is 0 Å². The van der Waals surface area contributed by atoms with E-state index >= 15 is 0 Å². The number of fused-ring (bicyclic) bond motifs is 1. The summed E-state index contributed by atoms with van der Waals surface area (Å²) in [5.41, 5.74) is 1.70. The van der Waals surface area contributed by atoms with Crippen LogP contribution >= 0.6 is 0 Å². The normalized spacial score (nSPS) is 15.9. The van der Waals surface area contributed by atoms with Crippen LogP contribution in [0.4, 0.5) is 0 Å². The van der Waals surface area contributed by atoms with Crippen molar-refractivity contribution in [3.63, 3.8) is 0 Å². The second-order valence-electron chi connectivity index (χ2n) is 5.51. The average Bonchev–Trinajstić information content (AvgIpc) is 2.15. The van der Waals surface area contributed by atoms with E-state index in [-0.39, 0.29) is 16.8 Å². The molecule has 1 aromatic heterocycles. The Balaban J connectivity index is 2.74. The van der Waals surface area contributed by atoms with Crippen LogP contribution in [0.1, 0.15) is 44.9 Å². The van der Waals surface area contributed by atoms with E-state index in [4.69, 9.17) is 0 Å². The molecule has 0 aliphatic heterocycles. The zero-order chi connectivity index (χ0) is 11.9. The Morgan fingerprint density at radius 3 is 2.50 bits per heavy atom. The van der Waals surface area contributed by atoms with Gasteiger partial charge in [-0.1, -0.05) is 0 Å². The van der Waals surface area contributed by atoms with Crippen LogP contribution in [-0.4, -0.2) is 9.67 Å². The first-order valence-electron chi connectivity index (χ1n) is 5.88. The van der Waals surface area contributed by atoms with Crippen molar-refractivity contribution in [2.24, 2.45) is 0 Å². The van der Waals surface area contributed by atoms with E-state index in [0.29, 0.717) is 0 Å². The van der Waals surface area contributed by atoms with Gasteiger partial charge in [0, 0.05) is 22.9 Å². The summed E-state index contributed by atoms with van der Waals surface area (Å²) >= 11 is 0. The second-order valence-corrected chi connectivity index (χ2v) is 5.51. The molecule has 0 unspecified atom stereocenters. The van der Waals surface area contributed by atoms with E-state index in [2.05, 4.69) is 0 Å². The van der Waals surface area contributed by atoms with Gasteiger partial charge in [0.2, 0.25) is 0 Å². The zero-order valence-electron chi connectivity index (χ0n) is 10.2. The number of hydrogen-bond donors (Lipinski definition) is 1. The first kappa shape index (κ1) is 11.2. The highest BCUT2D eigenvalue weighted by atomic mass is 16.3. The molecular formula is C13H19NO2. The lowest BCUT2D eigenvalue weighted by Crippen LogP contribution is -2.37. The molecule has 0 bridgehead atoms. The Labute approximate surface area is 95.7 Å². The number of nitrogens with zero attached hydrogens (tertiary/aromatic N) is 1. The molecule has 1 aliphatic carbocycles. The molecule has 0 radical (unpaired) electrons. The Morgan fingerprint density at radius 2 is 1.88 bits per heavy atom. The third-order valence-electron chi connectivity index (χ3n) is 3.17. The maximum Gasteiger partial charge on any atom is 0.254 e.